The van der Waals surface area contributed by atoms with Crippen molar-refractivity contribution >= 4 is 34.4 Å². The molecule has 7 heteroatoms. The summed E-state index contributed by atoms with van der Waals surface area (Å²) in [6, 6.07) is 8.23. The van der Waals surface area contributed by atoms with E-state index in [2.05, 4.69) is 22.8 Å². The molecule has 1 aliphatic carbocycles. The van der Waals surface area contributed by atoms with Gasteiger partial charge in [0.05, 0.1) is 17.6 Å². The van der Waals surface area contributed by atoms with E-state index >= 15 is 0 Å². The van der Waals surface area contributed by atoms with Gasteiger partial charge in [-0.15, -0.1) is 22.7 Å². The standard InChI is InChI=1S/C25H27NO4S2/c1-14-7-8-21(32-14)24-22(25(28)30-13-17-5-3-9-29-17)15(2)26-18-11-16(12-19(27)23(18)24)20-6-4-10-31-20/h4,6-8,10,16-17,24,26H,3,5,9,11-13H2,1-2H3/t16-,17+,24+/m0/s1. The summed E-state index contributed by atoms with van der Waals surface area (Å²) in [5, 5.41) is 5.48. The third kappa shape index (κ3) is 4.09. The zero-order valence-electron chi connectivity index (χ0n) is 18.3. The summed E-state index contributed by atoms with van der Waals surface area (Å²) < 4.78 is 11.3. The molecule has 3 aliphatic rings. The smallest absolute Gasteiger partial charge is 0.336 e. The molecule has 32 heavy (non-hydrogen) atoms. The predicted octanol–water partition coefficient (Wildman–Crippen LogP) is 5.20. The Morgan fingerprint density at radius 2 is 2.09 bits per heavy atom. The van der Waals surface area contributed by atoms with Crippen LogP contribution < -0.4 is 5.32 Å². The van der Waals surface area contributed by atoms with E-state index in [9.17, 15) is 9.59 Å². The Morgan fingerprint density at radius 3 is 2.78 bits per heavy atom. The van der Waals surface area contributed by atoms with Crippen LogP contribution in [-0.4, -0.2) is 31.1 Å². The van der Waals surface area contributed by atoms with Crippen molar-refractivity contribution in [3.63, 3.8) is 0 Å². The average molecular weight is 470 g/mol. The first kappa shape index (κ1) is 21.6. The summed E-state index contributed by atoms with van der Waals surface area (Å²) >= 11 is 3.34. The summed E-state index contributed by atoms with van der Waals surface area (Å²) in [5.74, 6) is -0.439. The Morgan fingerprint density at radius 1 is 1.22 bits per heavy atom. The second-order valence-corrected chi connectivity index (χ2v) is 11.0. The highest BCUT2D eigenvalue weighted by Crippen LogP contribution is 2.47. The van der Waals surface area contributed by atoms with E-state index in [0.29, 0.717) is 12.0 Å². The predicted molar refractivity (Wildman–Crippen MR) is 126 cm³/mol. The minimum atomic E-state index is -0.376. The van der Waals surface area contributed by atoms with Gasteiger partial charge in [-0.25, -0.2) is 4.79 Å². The molecule has 0 amide bonds. The number of thiophene rings is 2. The normalized spacial score (nSPS) is 25.7. The summed E-state index contributed by atoms with van der Waals surface area (Å²) in [7, 11) is 0. The molecule has 4 heterocycles. The van der Waals surface area contributed by atoms with Crippen LogP contribution >= 0.6 is 22.7 Å². The largest absolute Gasteiger partial charge is 0.459 e. The first-order valence-electron chi connectivity index (χ1n) is 11.1. The van der Waals surface area contributed by atoms with Crippen LogP contribution in [0.2, 0.25) is 0 Å². The Bertz CT molecular complexity index is 1090. The molecule has 2 aliphatic heterocycles. The van der Waals surface area contributed by atoms with Gasteiger partial charge in [-0.1, -0.05) is 6.07 Å². The van der Waals surface area contributed by atoms with Crippen molar-refractivity contribution in [3.8, 4) is 0 Å². The molecule has 2 aromatic heterocycles. The Kier molecular flexibility index (Phi) is 6.05. The van der Waals surface area contributed by atoms with E-state index in [1.807, 2.05) is 26.0 Å². The number of esters is 1. The van der Waals surface area contributed by atoms with Crippen LogP contribution in [0, 0.1) is 6.92 Å². The minimum absolute atomic E-state index is 0.0310. The maximum absolute atomic E-state index is 13.5. The molecule has 1 fully saturated rings. The Balaban J connectivity index is 1.48. The number of nitrogens with one attached hydrogen (secondary N) is 1. The number of allylic oxidation sites excluding steroid dienone is 3. The quantitative estimate of drug-likeness (QED) is 0.610. The first-order valence-corrected chi connectivity index (χ1v) is 12.8. The lowest BCUT2D eigenvalue weighted by atomic mass is 9.74. The molecule has 5 rings (SSSR count). The number of dihydropyridines is 1. The molecule has 0 bridgehead atoms. The highest BCUT2D eigenvalue weighted by Gasteiger charge is 2.42. The van der Waals surface area contributed by atoms with Gasteiger partial charge in [0, 0.05) is 50.5 Å². The van der Waals surface area contributed by atoms with Crippen LogP contribution in [0.4, 0.5) is 0 Å². The highest BCUT2D eigenvalue weighted by atomic mass is 32.1. The molecule has 0 radical (unpaired) electrons. The van der Waals surface area contributed by atoms with Gasteiger partial charge in [-0.05, 0) is 56.7 Å². The highest BCUT2D eigenvalue weighted by molar-refractivity contribution is 7.12. The summed E-state index contributed by atoms with van der Waals surface area (Å²) in [6.07, 6.45) is 3.13. The molecule has 3 atom stereocenters. The van der Waals surface area contributed by atoms with Gasteiger partial charge < -0.3 is 14.8 Å². The number of hydrogen-bond donors (Lipinski definition) is 1. The SMILES string of the molecule is CC1=C(C(=O)OC[C@H]2CCCO2)[C@@H](c2ccc(C)s2)C2=C(C[C@H](c3cccs3)CC2=O)N1. The molecule has 1 N–H and O–H groups in total. The number of carbonyl (C=O) groups is 2. The Hall–Kier alpha value is -2.22. The first-order chi connectivity index (χ1) is 15.5. The van der Waals surface area contributed by atoms with Crippen LogP contribution in [0.1, 0.15) is 59.1 Å². The maximum atomic E-state index is 13.5. The van der Waals surface area contributed by atoms with Crippen LogP contribution in [-0.2, 0) is 19.1 Å². The molecule has 1 saturated heterocycles. The second-order valence-electron chi connectivity index (χ2n) is 8.71. The van der Waals surface area contributed by atoms with Crippen molar-refractivity contribution < 1.29 is 19.1 Å². The zero-order chi connectivity index (χ0) is 22.2. The van der Waals surface area contributed by atoms with Crippen molar-refractivity contribution in [1.29, 1.82) is 0 Å². The average Bonchev–Trinajstić information content (AvgIpc) is 3.53. The fraction of sp³-hybridized carbons (Fsp3) is 0.440. The molecular weight excluding hydrogens is 442 g/mol. The third-order valence-corrected chi connectivity index (χ3v) is 8.56. The zero-order valence-corrected chi connectivity index (χ0v) is 19.9. The molecule has 0 aromatic carbocycles. The van der Waals surface area contributed by atoms with Gasteiger partial charge in [0.15, 0.2) is 5.78 Å². The van der Waals surface area contributed by atoms with Gasteiger partial charge in [0.25, 0.3) is 0 Å². The molecule has 0 saturated carbocycles. The van der Waals surface area contributed by atoms with Crippen LogP contribution in [0.3, 0.4) is 0 Å². The van der Waals surface area contributed by atoms with E-state index in [1.54, 1.807) is 22.7 Å². The van der Waals surface area contributed by atoms with Gasteiger partial charge in [0.1, 0.15) is 6.61 Å². The summed E-state index contributed by atoms with van der Waals surface area (Å²) in [5.41, 5.74) is 3.00. The van der Waals surface area contributed by atoms with E-state index in [0.717, 1.165) is 52.6 Å². The molecule has 5 nitrogen and oxygen atoms in total. The van der Waals surface area contributed by atoms with Crippen LogP contribution in [0.25, 0.3) is 0 Å². The van der Waals surface area contributed by atoms with E-state index in [4.69, 9.17) is 9.47 Å². The van der Waals surface area contributed by atoms with Crippen molar-refractivity contribution in [2.75, 3.05) is 13.2 Å². The number of aryl methyl sites for hydroxylation is 1. The molecule has 2 aromatic rings. The molecule has 0 spiro atoms. The van der Waals surface area contributed by atoms with Gasteiger partial charge in [-0.3, -0.25) is 4.79 Å². The lowest BCUT2D eigenvalue weighted by Gasteiger charge is -2.36. The van der Waals surface area contributed by atoms with Crippen molar-refractivity contribution in [3.05, 3.63) is 66.8 Å². The number of ether oxygens (including phenoxy) is 2. The van der Waals surface area contributed by atoms with E-state index in [1.165, 1.54) is 4.88 Å². The van der Waals surface area contributed by atoms with E-state index in [-0.39, 0.29) is 36.3 Å². The lowest BCUT2D eigenvalue weighted by Crippen LogP contribution is -2.36. The van der Waals surface area contributed by atoms with Crippen molar-refractivity contribution in [2.45, 2.75) is 57.5 Å². The van der Waals surface area contributed by atoms with E-state index < -0.39 is 0 Å². The second kappa shape index (κ2) is 8.96. The lowest BCUT2D eigenvalue weighted by molar-refractivity contribution is -0.142. The topological polar surface area (TPSA) is 64.6 Å². The van der Waals surface area contributed by atoms with Crippen molar-refractivity contribution in [2.24, 2.45) is 0 Å². The molecule has 168 valence electrons. The van der Waals surface area contributed by atoms with Gasteiger partial charge >= 0.3 is 5.97 Å². The maximum Gasteiger partial charge on any atom is 0.336 e. The number of Topliss-reactive ketones (excluding diaryl/α,β-unsaturated/α-hetero) is 1. The molecular formula is C25H27NO4S2. The Labute approximate surface area is 196 Å². The monoisotopic (exact) mass is 469 g/mol. The number of hydrogen-bond acceptors (Lipinski definition) is 7. The van der Waals surface area contributed by atoms with Crippen LogP contribution in [0.15, 0.2) is 52.2 Å². The van der Waals surface area contributed by atoms with Crippen molar-refractivity contribution in [1.82, 2.24) is 5.32 Å². The fourth-order valence-corrected chi connectivity index (χ4v) is 6.78. The minimum Gasteiger partial charge on any atom is -0.459 e. The summed E-state index contributed by atoms with van der Waals surface area (Å²) in [4.78, 5) is 30.2. The van der Waals surface area contributed by atoms with Gasteiger partial charge in [0.2, 0.25) is 0 Å². The van der Waals surface area contributed by atoms with Crippen LogP contribution in [0.5, 0.6) is 0 Å². The number of carbonyl (C=O) groups excluding carboxylic acids is 2. The summed E-state index contributed by atoms with van der Waals surface area (Å²) in [6.45, 7) is 4.94. The van der Waals surface area contributed by atoms with Gasteiger partial charge in [-0.2, -0.15) is 0 Å². The number of ketones is 1. The fourth-order valence-electron chi connectivity index (χ4n) is 4.95. The molecule has 0 unspecified atom stereocenters. The third-order valence-electron chi connectivity index (χ3n) is 6.46. The number of rotatable bonds is 5.